The molecule has 0 N–H and O–H groups in total. The van der Waals surface area contributed by atoms with Crippen molar-refractivity contribution in [2.24, 2.45) is 0 Å². The first-order chi connectivity index (χ1) is 29.0. The number of hydrogen-bond donors (Lipinski definition) is 0. The van der Waals surface area contributed by atoms with E-state index in [2.05, 4.69) is 57.2 Å². The molecule has 0 aromatic carbocycles. The quantitative estimate of drug-likeness (QED) is 0.0263. The summed E-state index contributed by atoms with van der Waals surface area (Å²) in [6.07, 6.45) is 55.5. The smallest absolute Gasteiger partial charge is 0.306 e. The van der Waals surface area contributed by atoms with Gasteiger partial charge in [0.2, 0.25) is 0 Å². The fourth-order valence-corrected chi connectivity index (χ4v) is 7.38. The zero-order chi connectivity index (χ0) is 43.0. The van der Waals surface area contributed by atoms with Crippen LogP contribution < -0.4 is 0 Å². The summed E-state index contributed by atoms with van der Waals surface area (Å²) in [5.74, 6) is -0.886. The molecule has 0 aliphatic rings. The van der Waals surface area contributed by atoms with E-state index in [0.29, 0.717) is 19.3 Å². The number of unbranched alkanes of at least 4 members (excludes halogenated alkanes) is 31. The van der Waals surface area contributed by atoms with Gasteiger partial charge in [0, 0.05) is 19.3 Å². The van der Waals surface area contributed by atoms with Crippen LogP contribution in [0.3, 0.4) is 0 Å². The normalized spacial score (nSPS) is 12.3. The van der Waals surface area contributed by atoms with Gasteiger partial charge < -0.3 is 14.2 Å². The molecule has 0 aliphatic heterocycles. The van der Waals surface area contributed by atoms with E-state index in [1.807, 2.05) is 0 Å². The molecule has 0 radical (unpaired) electrons. The zero-order valence-electron chi connectivity index (χ0n) is 39.3. The first kappa shape index (κ1) is 56.6. The van der Waals surface area contributed by atoms with Gasteiger partial charge in [-0.15, -0.1) is 0 Å². The van der Waals surface area contributed by atoms with Crippen LogP contribution in [0.1, 0.15) is 265 Å². The van der Waals surface area contributed by atoms with Gasteiger partial charge in [-0.2, -0.15) is 0 Å². The molecule has 0 fully saturated rings. The Balaban J connectivity index is 4.35. The first-order valence-electron chi connectivity index (χ1n) is 25.5. The van der Waals surface area contributed by atoms with Gasteiger partial charge in [-0.1, -0.05) is 243 Å². The van der Waals surface area contributed by atoms with Gasteiger partial charge in [-0.05, 0) is 38.5 Å². The molecule has 1 atom stereocenters. The minimum atomic E-state index is -0.776. The van der Waals surface area contributed by atoms with E-state index in [1.54, 1.807) is 0 Å². The summed E-state index contributed by atoms with van der Waals surface area (Å²) in [6, 6.07) is 0. The molecule has 0 saturated carbocycles. The van der Waals surface area contributed by atoms with Crippen molar-refractivity contribution in [3.05, 3.63) is 36.5 Å². The van der Waals surface area contributed by atoms with Gasteiger partial charge >= 0.3 is 17.9 Å². The van der Waals surface area contributed by atoms with Crippen molar-refractivity contribution in [3.8, 4) is 0 Å². The molecule has 0 aromatic heterocycles. The van der Waals surface area contributed by atoms with Crippen molar-refractivity contribution in [2.45, 2.75) is 271 Å². The third-order valence-electron chi connectivity index (χ3n) is 11.2. The highest BCUT2D eigenvalue weighted by atomic mass is 16.6. The summed E-state index contributed by atoms with van der Waals surface area (Å²) in [5.41, 5.74) is 0. The summed E-state index contributed by atoms with van der Waals surface area (Å²) < 4.78 is 16.8. The molecule has 0 aliphatic carbocycles. The summed E-state index contributed by atoms with van der Waals surface area (Å²) >= 11 is 0. The van der Waals surface area contributed by atoms with Gasteiger partial charge in [-0.3, -0.25) is 14.4 Å². The van der Waals surface area contributed by atoms with Crippen molar-refractivity contribution in [1.29, 1.82) is 0 Å². The monoisotopic (exact) mass is 829 g/mol. The van der Waals surface area contributed by atoms with E-state index < -0.39 is 6.10 Å². The van der Waals surface area contributed by atoms with Crippen LogP contribution in [-0.2, 0) is 28.6 Å². The fraction of sp³-hybridized carbons (Fsp3) is 0.830. The first-order valence-corrected chi connectivity index (χ1v) is 25.5. The second-order valence-corrected chi connectivity index (χ2v) is 17.1. The number of allylic oxidation sites excluding steroid dienone is 6. The van der Waals surface area contributed by atoms with Crippen LogP contribution in [0, 0.1) is 0 Å². The van der Waals surface area contributed by atoms with Crippen molar-refractivity contribution in [2.75, 3.05) is 13.2 Å². The molecule has 344 valence electrons. The predicted molar refractivity (Wildman–Crippen MR) is 252 cm³/mol. The molecular weight excluding hydrogens is 733 g/mol. The topological polar surface area (TPSA) is 78.9 Å². The van der Waals surface area contributed by atoms with E-state index in [4.69, 9.17) is 14.2 Å². The van der Waals surface area contributed by atoms with Crippen molar-refractivity contribution in [1.82, 2.24) is 0 Å². The Morgan fingerprint density at radius 1 is 0.356 bits per heavy atom. The molecule has 0 bridgehead atoms. The molecule has 6 nitrogen and oxygen atoms in total. The van der Waals surface area contributed by atoms with Gasteiger partial charge in [-0.25, -0.2) is 0 Å². The molecule has 59 heavy (non-hydrogen) atoms. The van der Waals surface area contributed by atoms with E-state index in [1.165, 1.54) is 141 Å². The number of hydrogen-bond acceptors (Lipinski definition) is 6. The van der Waals surface area contributed by atoms with Gasteiger partial charge in [0.25, 0.3) is 0 Å². The summed E-state index contributed by atoms with van der Waals surface area (Å²) in [6.45, 7) is 6.51. The standard InChI is InChI=1S/C53H96O6/c1-4-7-10-13-16-19-22-25-26-27-29-31-34-37-40-43-46-52(55)58-49-50(48-57-51(54)45-42-39-36-33-30-24-21-18-15-12-9-6-3)59-53(56)47-44-41-38-35-32-28-23-20-17-14-11-8-5-2/h8,11,14,17,20,23,50H,4-7,9-10,12-13,15-16,18-19,21-22,24-49H2,1-3H3/b11-8-,17-14-,23-20-. The maximum absolute atomic E-state index is 12.8. The predicted octanol–water partition coefficient (Wildman–Crippen LogP) is 16.5. The van der Waals surface area contributed by atoms with Crippen LogP contribution in [0.2, 0.25) is 0 Å². The average Bonchev–Trinajstić information content (AvgIpc) is 3.23. The van der Waals surface area contributed by atoms with Crippen LogP contribution in [0.25, 0.3) is 0 Å². The summed E-state index contributed by atoms with van der Waals surface area (Å²) in [5, 5.41) is 0. The molecule has 0 saturated heterocycles. The minimum Gasteiger partial charge on any atom is -0.462 e. The van der Waals surface area contributed by atoms with Crippen molar-refractivity contribution < 1.29 is 28.6 Å². The SMILES string of the molecule is CC\C=C/C=C\C=C/CCCCCCCC(=O)OC(COC(=O)CCCCCCCCCCCCCC)COC(=O)CCCCCCCCCCCCCCCCCC. The lowest BCUT2D eigenvalue weighted by Crippen LogP contribution is -2.30. The number of esters is 3. The highest BCUT2D eigenvalue weighted by Gasteiger charge is 2.19. The Kier molecular flexibility index (Phi) is 46.4. The van der Waals surface area contributed by atoms with Crippen LogP contribution in [0.15, 0.2) is 36.5 Å². The maximum Gasteiger partial charge on any atom is 0.306 e. The summed E-state index contributed by atoms with van der Waals surface area (Å²) in [7, 11) is 0. The van der Waals surface area contributed by atoms with Crippen LogP contribution in [0.5, 0.6) is 0 Å². The van der Waals surface area contributed by atoms with Crippen molar-refractivity contribution in [3.63, 3.8) is 0 Å². The average molecular weight is 829 g/mol. The van der Waals surface area contributed by atoms with Crippen LogP contribution in [-0.4, -0.2) is 37.2 Å². The van der Waals surface area contributed by atoms with E-state index in [9.17, 15) is 14.4 Å². The highest BCUT2D eigenvalue weighted by molar-refractivity contribution is 5.71. The molecule has 1 unspecified atom stereocenters. The van der Waals surface area contributed by atoms with Crippen molar-refractivity contribution >= 4 is 17.9 Å². The lowest BCUT2D eigenvalue weighted by atomic mass is 10.0. The van der Waals surface area contributed by atoms with Crippen LogP contribution in [0.4, 0.5) is 0 Å². The fourth-order valence-electron chi connectivity index (χ4n) is 7.38. The molecule has 0 rings (SSSR count). The maximum atomic E-state index is 12.8. The highest BCUT2D eigenvalue weighted by Crippen LogP contribution is 2.16. The molecule has 0 amide bonds. The third kappa shape index (κ3) is 46.5. The molecule has 0 aromatic rings. The Labute approximate surface area is 365 Å². The minimum absolute atomic E-state index is 0.0765. The molecular formula is C53H96O6. The second-order valence-electron chi connectivity index (χ2n) is 17.1. The lowest BCUT2D eigenvalue weighted by molar-refractivity contribution is -0.167. The largest absolute Gasteiger partial charge is 0.462 e. The Hall–Kier alpha value is -2.37. The summed E-state index contributed by atoms with van der Waals surface area (Å²) in [4.78, 5) is 37.9. The zero-order valence-corrected chi connectivity index (χ0v) is 39.3. The number of carbonyl (C=O) groups is 3. The number of ether oxygens (including phenoxy) is 3. The third-order valence-corrected chi connectivity index (χ3v) is 11.2. The number of rotatable bonds is 46. The Morgan fingerprint density at radius 2 is 0.661 bits per heavy atom. The molecule has 0 heterocycles. The van der Waals surface area contributed by atoms with Gasteiger partial charge in [0.05, 0.1) is 0 Å². The van der Waals surface area contributed by atoms with E-state index >= 15 is 0 Å². The molecule has 0 spiro atoms. The lowest BCUT2D eigenvalue weighted by Gasteiger charge is -2.18. The molecule has 6 heteroatoms. The number of carbonyl (C=O) groups excluding carboxylic acids is 3. The van der Waals surface area contributed by atoms with E-state index in [0.717, 1.165) is 83.5 Å². The van der Waals surface area contributed by atoms with Gasteiger partial charge in [0.1, 0.15) is 13.2 Å². The Bertz CT molecular complexity index is 1000. The van der Waals surface area contributed by atoms with Gasteiger partial charge in [0.15, 0.2) is 6.10 Å². The second kappa shape index (κ2) is 48.3. The Morgan fingerprint density at radius 3 is 1.02 bits per heavy atom. The van der Waals surface area contributed by atoms with Crippen LogP contribution >= 0.6 is 0 Å². The van der Waals surface area contributed by atoms with E-state index in [-0.39, 0.29) is 31.1 Å².